The predicted molar refractivity (Wildman–Crippen MR) is 64.4 cm³/mol. The van der Waals surface area contributed by atoms with Crippen molar-refractivity contribution in [3.8, 4) is 0 Å². The van der Waals surface area contributed by atoms with Crippen molar-refractivity contribution in [1.82, 2.24) is 10.6 Å². The first kappa shape index (κ1) is 11.6. The van der Waals surface area contributed by atoms with Gasteiger partial charge in [-0.15, -0.1) is 0 Å². The molecule has 2 atom stereocenters. The third-order valence-electron chi connectivity index (χ3n) is 2.98. The Morgan fingerprint density at radius 3 is 2.76 bits per heavy atom. The van der Waals surface area contributed by atoms with Crippen LogP contribution in [0.15, 0.2) is 30.3 Å². The van der Waals surface area contributed by atoms with Crippen LogP contribution < -0.4 is 10.6 Å². The van der Waals surface area contributed by atoms with Crippen LogP contribution in [0.2, 0.25) is 0 Å². The number of hydrogen-bond donors (Lipinski definition) is 2. The van der Waals surface area contributed by atoms with Crippen molar-refractivity contribution < 1.29 is 9.59 Å². The molecular weight excluding hydrogens is 216 g/mol. The molecule has 17 heavy (non-hydrogen) atoms. The Hall–Kier alpha value is -1.84. The largest absolute Gasteiger partial charge is 0.354 e. The zero-order chi connectivity index (χ0) is 12.3. The van der Waals surface area contributed by atoms with Crippen molar-refractivity contribution in [3.63, 3.8) is 0 Å². The molecule has 4 heteroatoms. The summed E-state index contributed by atoms with van der Waals surface area (Å²) < 4.78 is 0. The highest BCUT2D eigenvalue weighted by Gasteiger charge is 2.32. The minimum Gasteiger partial charge on any atom is -0.354 e. The summed E-state index contributed by atoms with van der Waals surface area (Å²) in [6.07, 6.45) is 0.739. The van der Waals surface area contributed by atoms with Crippen LogP contribution >= 0.6 is 0 Å². The van der Waals surface area contributed by atoms with Crippen molar-refractivity contribution in [2.24, 2.45) is 0 Å². The van der Waals surface area contributed by atoms with Crippen LogP contribution in [0.4, 0.5) is 0 Å². The maximum absolute atomic E-state index is 11.8. The fourth-order valence-corrected chi connectivity index (χ4v) is 2.13. The molecule has 1 aliphatic heterocycles. The fraction of sp³-hybridized carbons (Fsp3) is 0.385. The summed E-state index contributed by atoms with van der Waals surface area (Å²) >= 11 is 0. The lowest BCUT2D eigenvalue weighted by Gasteiger charge is -2.09. The molecule has 1 unspecified atom stereocenters. The maximum atomic E-state index is 11.8. The van der Waals surface area contributed by atoms with E-state index in [9.17, 15) is 9.59 Å². The average molecular weight is 232 g/mol. The molecule has 1 fully saturated rings. The quantitative estimate of drug-likeness (QED) is 0.809. The maximum Gasteiger partial charge on any atom is 0.227 e. The van der Waals surface area contributed by atoms with Gasteiger partial charge in [0, 0.05) is 19.5 Å². The smallest absolute Gasteiger partial charge is 0.227 e. The lowest BCUT2D eigenvalue weighted by molar-refractivity contribution is -0.121. The van der Waals surface area contributed by atoms with Crippen LogP contribution in [0.3, 0.4) is 0 Å². The van der Waals surface area contributed by atoms with E-state index >= 15 is 0 Å². The standard InChI is InChI=1S/C13H16N2O2/c1-9(16)14-8-11-7-12(13(17)15-11)10-5-3-2-4-6-10/h2-6,11-12H,7-8H2,1H3,(H,14,16)(H,15,17)/t11-,12?/m0/s1. The van der Waals surface area contributed by atoms with Gasteiger partial charge in [0.15, 0.2) is 0 Å². The Kier molecular flexibility index (Phi) is 3.42. The van der Waals surface area contributed by atoms with Gasteiger partial charge in [-0.25, -0.2) is 0 Å². The van der Waals surface area contributed by atoms with Gasteiger partial charge >= 0.3 is 0 Å². The molecule has 0 aromatic heterocycles. The monoisotopic (exact) mass is 232 g/mol. The third-order valence-corrected chi connectivity index (χ3v) is 2.98. The minimum atomic E-state index is -0.0880. The van der Waals surface area contributed by atoms with Gasteiger partial charge in [0.2, 0.25) is 11.8 Å². The SMILES string of the molecule is CC(=O)NC[C@@H]1CC(c2ccccc2)C(=O)N1. The summed E-state index contributed by atoms with van der Waals surface area (Å²) in [5, 5.41) is 5.63. The first-order chi connectivity index (χ1) is 8.16. The summed E-state index contributed by atoms with van der Waals surface area (Å²) in [5.41, 5.74) is 1.04. The second-order valence-electron chi connectivity index (χ2n) is 4.34. The molecule has 1 saturated heterocycles. The first-order valence-corrected chi connectivity index (χ1v) is 5.76. The minimum absolute atomic E-state index is 0.0385. The molecule has 90 valence electrons. The first-order valence-electron chi connectivity index (χ1n) is 5.76. The second-order valence-corrected chi connectivity index (χ2v) is 4.34. The highest BCUT2D eigenvalue weighted by atomic mass is 16.2. The van der Waals surface area contributed by atoms with Crippen LogP contribution in [0.5, 0.6) is 0 Å². The van der Waals surface area contributed by atoms with Gasteiger partial charge in [-0.2, -0.15) is 0 Å². The van der Waals surface area contributed by atoms with Crippen molar-refractivity contribution >= 4 is 11.8 Å². The fourth-order valence-electron chi connectivity index (χ4n) is 2.13. The molecule has 1 aliphatic rings. The number of carbonyl (C=O) groups excluding carboxylic acids is 2. The summed E-state index contributed by atoms with van der Waals surface area (Å²) in [7, 11) is 0. The third kappa shape index (κ3) is 2.84. The normalized spacial score (nSPS) is 23.2. The molecular formula is C13H16N2O2. The molecule has 2 rings (SSSR count). The Balaban J connectivity index is 1.98. The number of hydrogen-bond acceptors (Lipinski definition) is 2. The van der Waals surface area contributed by atoms with Crippen LogP contribution in [0, 0.1) is 0 Å². The molecule has 0 bridgehead atoms. The molecule has 1 aromatic carbocycles. The van der Waals surface area contributed by atoms with Crippen molar-refractivity contribution in [2.45, 2.75) is 25.3 Å². The van der Waals surface area contributed by atoms with E-state index < -0.39 is 0 Å². The van der Waals surface area contributed by atoms with Crippen LogP contribution in [0.1, 0.15) is 24.8 Å². The van der Waals surface area contributed by atoms with E-state index in [2.05, 4.69) is 10.6 Å². The summed E-state index contributed by atoms with van der Waals surface area (Å²) in [6.45, 7) is 1.98. The van der Waals surface area contributed by atoms with Gasteiger partial charge in [0.1, 0.15) is 0 Å². The van der Waals surface area contributed by atoms with Gasteiger partial charge in [-0.1, -0.05) is 30.3 Å². The Bertz CT molecular complexity index is 417. The van der Waals surface area contributed by atoms with E-state index in [0.29, 0.717) is 6.54 Å². The Morgan fingerprint density at radius 2 is 2.12 bits per heavy atom. The number of amides is 2. The molecule has 0 spiro atoms. The molecule has 2 amide bonds. The number of carbonyl (C=O) groups is 2. The summed E-state index contributed by atoms with van der Waals surface area (Å²) in [5.74, 6) is -0.107. The van der Waals surface area contributed by atoms with Crippen molar-refractivity contribution in [1.29, 1.82) is 0 Å². The topological polar surface area (TPSA) is 58.2 Å². The zero-order valence-electron chi connectivity index (χ0n) is 9.77. The Morgan fingerprint density at radius 1 is 1.41 bits per heavy atom. The van der Waals surface area contributed by atoms with E-state index in [4.69, 9.17) is 0 Å². The summed E-state index contributed by atoms with van der Waals surface area (Å²) in [6, 6.07) is 9.77. The van der Waals surface area contributed by atoms with Gasteiger partial charge in [0.25, 0.3) is 0 Å². The van der Waals surface area contributed by atoms with E-state index in [1.54, 1.807) is 0 Å². The van der Waals surface area contributed by atoms with Gasteiger partial charge in [-0.3, -0.25) is 9.59 Å². The van der Waals surface area contributed by atoms with Crippen LogP contribution in [-0.2, 0) is 9.59 Å². The van der Waals surface area contributed by atoms with Crippen LogP contribution in [-0.4, -0.2) is 24.4 Å². The summed E-state index contributed by atoms with van der Waals surface area (Å²) in [4.78, 5) is 22.6. The van der Waals surface area contributed by atoms with Crippen molar-refractivity contribution in [2.75, 3.05) is 6.54 Å². The number of rotatable bonds is 3. The highest BCUT2D eigenvalue weighted by Crippen LogP contribution is 2.26. The molecule has 0 radical (unpaired) electrons. The molecule has 2 N–H and O–H groups in total. The van der Waals surface area contributed by atoms with E-state index in [-0.39, 0.29) is 23.8 Å². The van der Waals surface area contributed by atoms with E-state index in [0.717, 1.165) is 12.0 Å². The van der Waals surface area contributed by atoms with Gasteiger partial charge in [0.05, 0.1) is 5.92 Å². The highest BCUT2D eigenvalue weighted by molar-refractivity contribution is 5.86. The number of nitrogens with one attached hydrogen (secondary N) is 2. The molecule has 0 saturated carbocycles. The average Bonchev–Trinajstić information content (AvgIpc) is 2.69. The van der Waals surface area contributed by atoms with E-state index in [1.165, 1.54) is 6.92 Å². The Labute approximate surface area is 100 Å². The molecule has 1 heterocycles. The predicted octanol–water partition coefficient (Wildman–Crippen LogP) is 0.795. The zero-order valence-corrected chi connectivity index (χ0v) is 9.77. The van der Waals surface area contributed by atoms with Gasteiger partial charge < -0.3 is 10.6 Å². The lowest BCUT2D eigenvalue weighted by atomic mass is 9.96. The number of benzene rings is 1. The molecule has 1 aromatic rings. The van der Waals surface area contributed by atoms with Crippen LogP contribution in [0.25, 0.3) is 0 Å². The van der Waals surface area contributed by atoms with Gasteiger partial charge in [-0.05, 0) is 12.0 Å². The lowest BCUT2D eigenvalue weighted by Crippen LogP contribution is -2.37. The second kappa shape index (κ2) is 4.99. The molecule has 4 nitrogen and oxygen atoms in total. The molecule has 0 aliphatic carbocycles. The van der Waals surface area contributed by atoms with E-state index in [1.807, 2.05) is 30.3 Å². The van der Waals surface area contributed by atoms with Crippen molar-refractivity contribution in [3.05, 3.63) is 35.9 Å².